The number of para-hydroxylation sites is 1. The zero-order valence-corrected chi connectivity index (χ0v) is 21.4. The summed E-state index contributed by atoms with van der Waals surface area (Å²) in [6.07, 6.45) is 3.44. The molecule has 190 valence electrons. The zero-order chi connectivity index (χ0) is 26.4. The number of ether oxygens (including phenoxy) is 2. The molecular formula is C26H35N3O6. The highest BCUT2D eigenvalue weighted by Gasteiger charge is 2.31. The number of aliphatic carboxylic acids is 1. The van der Waals surface area contributed by atoms with Crippen molar-refractivity contribution in [2.24, 2.45) is 5.92 Å². The summed E-state index contributed by atoms with van der Waals surface area (Å²) >= 11 is 0. The SMILES string of the molecule is CC(C=C(C(=O)O)c1cn(-c2ccccc2)cn1)CCN(C(=O)OC(C)(C)C)C(=O)OC(C)(C)C. The maximum absolute atomic E-state index is 12.7. The number of hydrogen-bond acceptors (Lipinski definition) is 6. The number of carboxylic acids is 1. The second-order valence-electron chi connectivity index (χ2n) is 10.3. The molecule has 2 aromatic rings. The molecule has 0 aliphatic heterocycles. The monoisotopic (exact) mass is 485 g/mol. The van der Waals surface area contributed by atoms with E-state index >= 15 is 0 Å². The van der Waals surface area contributed by atoms with Crippen molar-refractivity contribution < 1.29 is 29.0 Å². The summed E-state index contributed by atoms with van der Waals surface area (Å²) in [7, 11) is 0. The van der Waals surface area contributed by atoms with Crippen LogP contribution in [0, 0.1) is 5.92 Å². The molecular weight excluding hydrogens is 450 g/mol. The topological polar surface area (TPSA) is 111 Å². The van der Waals surface area contributed by atoms with Crippen LogP contribution in [0.2, 0.25) is 0 Å². The Morgan fingerprint density at radius 2 is 1.57 bits per heavy atom. The Labute approximate surface area is 206 Å². The molecule has 0 spiro atoms. The van der Waals surface area contributed by atoms with Gasteiger partial charge in [-0.05, 0) is 66.0 Å². The van der Waals surface area contributed by atoms with Crippen LogP contribution in [0.5, 0.6) is 0 Å². The van der Waals surface area contributed by atoms with E-state index in [1.165, 1.54) is 0 Å². The highest BCUT2D eigenvalue weighted by atomic mass is 16.6. The van der Waals surface area contributed by atoms with Gasteiger partial charge in [0.15, 0.2) is 0 Å². The summed E-state index contributed by atoms with van der Waals surface area (Å²) in [5.74, 6) is -1.42. The maximum Gasteiger partial charge on any atom is 0.419 e. The Bertz CT molecular complexity index is 1030. The maximum atomic E-state index is 12.7. The summed E-state index contributed by atoms with van der Waals surface area (Å²) in [6.45, 7) is 12.0. The number of carboxylic acid groups (broad SMARTS) is 1. The van der Waals surface area contributed by atoms with Crippen molar-refractivity contribution >= 4 is 23.7 Å². The van der Waals surface area contributed by atoms with Gasteiger partial charge in [0.1, 0.15) is 11.2 Å². The molecule has 1 aromatic heterocycles. The molecule has 35 heavy (non-hydrogen) atoms. The number of allylic oxidation sites excluding steroid dienone is 1. The third-order valence-corrected chi connectivity index (χ3v) is 4.63. The number of imidazole rings is 1. The summed E-state index contributed by atoms with van der Waals surface area (Å²) in [4.78, 5) is 42.5. The standard InChI is InChI=1S/C26H35N3O6/c1-18(13-14-29(23(32)34-25(2,3)4)24(33)35-26(5,6)7)15-20(22(30)31)21-16-28(17-27-21)19-11-9-8-10-12-19/h8-12,15-18H,13-14H2,1-7H3,(H,30,31). The number of aromatic nitrogens is 2. The van der Waals surface area contributed by atoms with Crippen molar-refractivity contribution in [2.45, 2.75) is 66.1 Å². The minimum absolute atomic E-state index is 0.00710. The number of benzene rings is 1. The quantitative estimate of drug-likeness (QED) is 0.513. The van der Waals surface area contributed by atoms with Gasteiger partial charge in [-0.2, -0.15) is 0 Å². The fourth-order valence-corrected chi connectivity index (χ4v) is 3.06. The fourth-order valence-electron chi connectivity index (χ4n) is 3.06. The van der Waals surface area contributed by atoms with Crippen LogP contribution < -0.4 is 0 Å². The van der Waals surface area contributed by atoms with Gasteiger partial charge in [-0.3, -0.25) is 0 Å². The first-order chi connectivity index (χ1) is 16.2. The number of carbonyl (C=O) groups is 3. The zero-order valence-electron chi connectivity index (χ0n) is 21.4. The molecule has 1 N–H and O–H groups in total. The van der Waals surface area contributed by atoms with Gasteiger partial charge in [0.2, 0.25) is 0 Å². The van der Waals surface area contributed by atoms with Gasteiger partial charge >= 0.3 is 18.2 Å². The molecule has 0 bridgehead atoms. The minimum atomic E-state index is -1.12. The first-order valence-electron chi connectivity index (χ1n) is 11.4. The van der Waals surface area contributed by atoms with E-state index in [2.05, 4.69) is 4.98 Å². The van der Waals surface area contributed by atoms with E-state index in [-0.39, 0.29) is 18.0 Å². The molecule has 0 saturated heterocycles. The lowest BCUT2D eigenvalue weighted by molar-refractivity contribution is -0.130. The van der Waals surface area contributed by atoms with E-state index in [1.807, 2.05) is 30.3 Å². The first kappa shape index (κ1) is 27.6. The van der Waals surface area contributed by atoms with Crippen molar-refractivity contribution in [3.8, 4) is 5.69 Å². The second kappa shape index (κ2) is 11.2. The molecule has 0 fully saturated rings. The fraction of sp³-hybridized carbons (Fsp3) is 0.462. The van der Waals surface area contributed by atoms with Crippen LogP contribution in [-0.2, 0) is 14.3 Å². The van der Waals surface area contributed by atoms with Crippen LogP contribution in [0.25, 0.3) is 11.3 Å². The molecule has 1 unspecified atom stereocenters. The second-order valence-corrected chi connectivity index (χ2v) is 10.3. The molecule has 9 heteroatoms. The smallest absolute Gasteiger partial charge is 0.419 e. The molecule has 0 aliphatic carbocycles. The van der Waals surface area contributed by atoms with Crippen LogP contribution in [0.1, 0.15) is 60.6 Å². The number of carbonyl (C=O) groups excluding carboxylic acids is 2. The molecule has 0 aliphatic rings. The Balaban J connectivity index is 2.20. The van der Waals surface area contributed by atoms with Crippen LogP contribution in [0.15, 0.2) is 48.9 Å². The Morgan fingerprint density at radius 1 is 1.03 bits per heavy atom. The first-order valence-corrected chi connectivity index (χ1v) is 11.4. The Hall–Kier alpha value is -3.62. The highest BCUT2D eigenvalue weighted by molar-refractivity contribution is 6.14. The molecule has 2 rings (SSSR count). The summed E-state index contributed by atoms with van der Waals surface area (Å²) < 4.78 is 12.5. The predicted octanol–water partition coefficient (Wildman–Crippen LogP) is 5.54. The van der Waals surface area contributed by atoms with E-state index in [0.29, 0.717) is 12.1 Å². The van der Waals surface area contributed by atoms with E-state index in [1.54, 1.807) is 71.6 Å². The van der Waals surface area contributed by atoms with Crippen molar-refractivity contribution in [1.29, 1.82) is 0 Å². The summed E-state index contributed by atoms with van der Waals surface area (Å²) in [5.41, 5.74) is -0.389. The molecule has 1 atom stereocenters. The average Bonchev–Trinajstić information content (AvgIpc) is 3.19. The number of nitrogens with zero attached hydrogens (tertiary/aromatic N) is 3. The summed E-state index contributed by atoms with van der Waals surface area (Å²) in [5, 5.41) is 9.79. The van der Waals surface area contributed by atoms with Gasteiger partial charge in [0, 0.05) is 18.4 Å². The van der Waals surface area contributed by atoms with E-state index in [0.717, 1.165) is 10.6 Å². The van der Waals surface area contributed by atoms with Gasteiger partial charge in [0.05, 0.1) is 17.6 Å². The number of imide groups is 1. The molecule has 2 amide bonds. The number of amides is 2. The third-order valence-electron chi connectivity index (χ3n) is 4.63. The van der Waals surface area contributed by atoms with Gasteiger partial charge in [-0.15, -0.1) is 0 Å². The number of hydrogen-bond donors (Lipinski definition) is 1. The van der Waals surface area contributed by atoms with Crippen molar-refractivity contribution in [2.75, 3.05) is 6.54 Å². The molecule has 0 radical (unpaired) electrons. The molecule has 9 nitrogen and oxygen atoms in total. The largest absolute Gasteiger partial charge is 0.478 e. The van der Waals surface area contributed by atoms with Crippen LogP contribution in [0.3, 0.4) is 0 Å². The lowest BCUT2D eigenvalue weighted by atomic mass is 10.0. The average molecular weight is 486 g/mol. The van der Waals surface area contributed by atoms with Crippen LogP contribution >= 0.6 is 0 Å². The lowest BCUT2D eigenvalue weighted by Crippen LogP contribution is -2.44. The van der Waals surface area contributed by atoms with Crippen molar-refractivity contribution in [3.05, 3.63) is 54.6 Å². The molecule has 1 heterocycles. The van der Waals surface area contributed by atoms with Gasteiger partial charge in [-0.25, -0.2) is 24.3 Å². The number of rotatable bonds is 7. The van der Waals surface area contributed by atoms with Crippen molar-refractivity contribution in [1.82, 2.24) is 14.5 Å². The Kier molecular flexibility index (Phi) is 8.84. The molecule has 0 saturated carbocycles. The Morgan fingerprint density at radius 3 is 2.06 bits per heavy atom. The van der Waals surface area contributed by atoms with Crippen molar-refractivity contribution in [3.63, 3.8) is 0 Å². The van der Waals surface area contributed by atoms with Gasteiger partial charge in [-0.1, -0.05) is 31.2 Å². The summed E-state index contributed by atoms with van der Waals surface area (Å²) in [6, 6.07) is 9.43. The van der Waals surface area contributed by atoms with Crippen LogP contribution in [0.4, 0.5) is 9.59 Å². The third kappa shape index (κ3) is 8.92. The normalized spacial score (nSPS) is 13.2. The van der Waals surface area contributed by atoms with E-state index < -0.39 is 29.4 Å². The minimum Gasteiger partial charge on any atom is -0.478 e. The van der Waals surface area contributed by atoms with Crippen LogP contribution in [-0.4, -0.2) is 55.5 Å². The van der Waals surface area contributed by atoms with Gasteiger partial charge in [0.25, 0.3) is 0 Å². The van der Waals surface area contributed by atoms with E-state index in [9.17, 15) is 19.5 Å². The predicted molar refractivity (Wildman–Crippen MR) is 132 cm³/mol. The van der Waals surface area contributed by atoms with Gasteiger partial charge < -0.3 is 19.1 Å². The van der Waals surface area contributed by atoms with E-state index in [4.69, 9.17) is 9.47 Å². The molecule has 1 aromatic carbocycles. The highest BCUT2D eigenvalue weighted by Crippen LogP contribution is 2.21. The lowest BCUT2D eigenvalue weighted by Gasteiger charge is -2.29.